The van der Waals surface area contributed by atoms with Gasteiger partial charge in [0.05, 0.1) is 17.9 Å². The molecule has 1 aromatic heterocycles. The molecule has 0 bridgehead atoms. The fourth-order valence-corrected chi connectivity index (χ4v) is 3.89. The van der Waals surface area contributed by atoms with Crippen LogP contribution in [-0.4, -0.2) is 28.6 Å². The van der Waals surface area contributed by atoms with Crippen molar-refractivity contribution in [2.75, 3.05) is 16.3 Å². The van der Waals surface area contributed by atoms with Crippen LogP contribution in [0, 0.1) is 0 Å². The van der Waals surface area contributed by atoms with Gasteiger partial charge in [0.25, 0.3) is 11.8 Å². The van der Waals surface area contributed by atoms with E-state index in [1.54, 1.807) is 28.0 Å². The molecule has 0 N–H and O–H groups in total. The third kappa shape index (κ3) is 2.94. The maximum absolute atomic E-state index is 13.2. The zero-order valence-corrected chi connectivity index (χ0v) is 15.7. The van der Waals surface area contributed by atoms with Crippen LogP contribution in [0.3, 0.4) is 0 Å². The molecular weight excluding hydrogens is 394 g/mol. The molecule has 9 heteroatoms. The number of amides is 2. The van der Waals surface area contributed by atoms with Gasteiger partial charge < -0.3 is 14.2 Å². The Morgan fingerprint density at radius 3 is 2.43 bits per heavy atom. The first-order chi connectivity index (χ1) is 14.5. The maximum atomic E-state index is 13.2. The lowest BCUT2D eigenvalue weighted by Gasteiger charge is -2.24. The minimum Gasteiger partial charge on any atom is -0.415 e. The molecule has 3 aromatic rings. The van der Waals surface area contributed by atoms with Crippen molar-refractivity contribution in [1.82, 2.24) is 10.2 Å². The van der Waals surface area contributed by atoms with Crippen LogP contribution in [0.2, 0.25) is 0 Å². The molecule has 30 heavy (non-hydrogen) atoms. The van der Waals surface area contributed by atoms with Crippen LogP contribution in [0.25, 0.3) is 11.5 Å². The lowest BCUT2D eigenvalue weighted by Crippen LogP contribution is -2.29. The summed E-state index contributed by atoms with van der Waals surface area (Å²) in [6.45, 7) is 0.970. The second-order valence-electron chi connectivity index (χ2n) is 7.15. The molecule has 7 nitrogen and oxygen atoms in total. The van der Waals surface area contributed by atoms with Gasteiger partial charge in [0.1, 0.15) is 0 Å². The minimum absolute atomic E-state index is 0.0418. The van der Waals surface area contributed by atoms with Crippen LogP contribution in [0.1, 0.15) is 41.1 Å². The van der Waals surface area contributed by atoms with Crippen molar-refractivity contribution >= 4 is 23.2 Å². The van der Waals surface area contributed by atoms with Gasteiger partial charge in [0.15, 0.2) is 0 Å². The first-order valence-electron chi connectivity index (χ1n) is 9.49. The molecule has 0 unspecified atom stereocenters. The maximum Gasteiger partial charge on any atom is 0.314 e. The van der Waals surface area contributed by atoms with Gasteiger partial charge in [-0.1, -0.05) is 18.2 Å². The summed E-state index contributed by atoms with van der Waals surface area (Å²) in [7, 11) is 0. The van der Waals surface area contributed by atoms with E-state index in [0.29, 0.717) is 42.0 Å². The molecule has 2 aliphatic rings. The van der Waals surface area contributed by atoms with E-state index in [4.69, 9.17) is 4.42 Å². The van der Waals surface area contributed by atoms with E-state index in [9.17, 15) is 18.4 Å². The fourth-order valence-electron chi connectivity index (χ4n) is 3.89. The third-order valence-electron chi connectivity index (χ3n) is 5.32. The van der Waals surface area contributed by atoms with Crippen LogP contribution in [0.15, 0.2) is 46.9 Å². The summed E-state index contributed by atoms with van der Waals surface area (Å²) in [6.07, 6.45) is -1.57. The first-order valence-corrected chi connectivity index (χ1v) is 9.49. The van der Waals surface area contributed by atoms with Gasteiger partial charge in [0, 0.05) is 24.1 Å². The van der Waals surface area contributed by atoms with Gasteiger partial charge in [0.2, 0.25) is 11.8 Å². The Bertz CT molecular complexity index is 1160. The van der Waals surface area contributed by atoms with Gasteiger partial charge >= 0.3 is 6.43 Å². The van der Waals surface area contributed by atoms with Gasteiger partial charge in [-0.3, -0.25) is 9.59 Å². The molecule has 2 aliphatic heterocycles. The molecule has 0 aliphatic carbocycles. The molecule has 1 saturated heterocycles. The Labute approximate surface area is 169 Å². The van der Waals surface area contributed by atoms with E-state index in [1.165, 1.54) is 0 Å². The highest BCUT2D eigenvalue weighted by Gasteiger charge is 2.33. The monoisotopic (exact) mass is 410 g/mol. The second-order valence-corrected chi connectivity index (χ2v) is 7.15. The first kappa shape index (κ1) is 18.4. The number of hydrogen-bond donors (Lipinski definition) is 0. The Kier molecular flexibility index (Phi) is 4.30. The number of halogens is 2. The Morgan fingerprint density at radius 1 is 1.00 bits per heavy atom. The fraction of sp³-hybridized carbons (Fsp3) is 0.238. The predicted octanol–water partition coefficient (Wildman–Crippen LogP) is 3.96. The number of alkyl halides is 2. The van der Waals surface area contributed by atoms with E-state index in [1.807, 2.05) is 24.3 Å². The highest BCUT2D eigenvalue weighted by Crippen LogP contribution is 2.38. The van der Waals surface area contributed by atoms with Gasteiger partial charge in [-0.15, -0.1) is 10.2 Å². The Balaban J connectivity index is 1.49. The van der Waals surface area contributed by atoms with E-state index in [0.717, 1.165) is 12.0 Å². The molecule has 0 radical (unpaired) electrons. The lowest BCUT2D eigenvalue weighted by molar-refractivity contribution is -0.117. The molecule has 3 heterocycles. The number of para-hydroxylation sites is 2. The van der Waals surface area contributed by atoms with E-state index in [-0.39, 0.29) is 17.7 Å². The number of hydrogen-bond acceptors (Lipinski definition) is 5. The molecule has 2 aromatic carbocycles. The second kappa shape index (κ2) is 7.01. The third-order valence-corrected chi connectivity index (χ3v) is 5.32. The van der Waals surface area contributed by atoms with Crippen LogP contribution in [-0.2, 0) is 11.3 Å². The predicted molar refractivity (Wildman–Crippen MR) is 103 cm³/mol. The number of nitrogens with zero attached hydrogens (tertiary/aromatic N) is 4. The largest absolute Gasteiger partial charge is 0.415 e. The summed E-state index contributed by atoms with van der Waals surface area (Å²) in [5, 5.41) is 6.97. The average molecular weight is 410 g/mol. The van der Waals surface area contributed by atoms with Crippen molar-refractivity contribution in [3.63, 3.8) is 0 Å². The minimum atomic E-state index is -2.86. The summed E-state index contributed by atoms with van der Waals surface area (Å²) in [5.41, 5.74) is 2.99. The average Bonchev–Trinajstić information content (AvgIpc) is 3.47. The van der Waals surface area contributed by atoms with E-state index >= 15 is 0 Å². The summed E-state index contributed by atoms with van der Waals surface area (Å²) in [5.74, 6) is -1.02. The zero-order chi connectivity index (χ0) is 20.8. The number of anilines is 2. The van der Waals surface area contributed by atoms with Gasteiger partial charge in [-0.2, -0.15) is 8.78 Å². The number of benzene rings is 2. The van der Waals surface area contributed by atoms with Crippen molar-refractivity contribution in [1.29, 1.82) is 0 Å². The topological polar surface area (TPSA) is 79.5 Å². The molecular formula is C21H16F2N4O3. The number of rotatable bonds is 4. The molecule has 152 valence electrons. The number of fused-ring (bicyclic) bond motifs is 1. The lowest BCUT2D eigenvalue weighted by atomic mass is 10.1. The van der Waals surface area contributed by atoms with E-state index in [2.05, 4.69) is 10.2 Å². The van der Waals surface area contributed by atoms with Crippen molar-refractivity contribution in [3.05, 3.63) is 59.5 Å². The smallest absolute Gasteiger partial charge is 0.314 e. The number of carbonyl (C=O) groups excluding carboxylic acids is 2. The summed E-state index contributed by atoms with van der Waals surface area (Å²) in [4.78, 5) is 28.7. The summed E-state index contributed by atoms with van der Waals surface area (Å²) in [6, 6.07) is 12.3. The van der Waals surface area contributed by atoms with Crippen LogP contribution >= 0.6 is 0 Å². The summed E-state index contributed by atoms with van der Waals surface area (Å²) < 4.78 is 30.4. The number of aromatic nitrogens is 2. The normalized spacial score (nSPS) is 16.1. The molecule has 0 atom stereocenters. The number of carbonyl (C=O) groups is 2. The van der Waals surface area contributed by atoms with Gasteiger partial charge in [-0.25, -0.2) is 0 Å². The quantitative estimate of drug-likeness (QED) is 0.651. The van der Waals surface area contributed by atoms with Crippen LogP contribution < -0.4 is 9.80 Å². The van der Waals surface area contributed by atoms with Crippen molar-refractivity contribution < 1.29 is 22.8 Å². The molecule has 0 saturated carbocycles. The standard InChI is InChI=1S/C21H16F2N4O3/c22-18(23)20-25-24-19(30-20)12-7-8-13-11-27(21(29)14(13)10-12)16-5-2-1-4-15(16)26-9-3-6-17(26)28/h1-2,4-5,7-8,10,18H,3,6,9,11H2. The van der Waals surface area contributed by atoms with E-state index < -0.39 is 12.3 Å². The molecule has 2 amide bonds. The van der Waals surface area contributed by atoms with Crippen molar-refractivity contribution in [2.24, 2.45) is 0 Å². The van der Waals surface area contributed by atoms with Crippen LogP contribution in [0.4, 0.5) is 20.2 Å². The molecule has 0 spiro atoms. The summed E-state index contributed by atoms with van der Waals surface area (Å²) >= 11 is 0. The highest BCUT2D eigenvalue weighted by molar-refractivity contribution is 6.13. The highest BCUT2D eigenvalue weighted by atomic mass is 19.3. The van der Waals surface area contributed by atoms with Crippen molar-refractivity contribution in [2.45, 2.75) is 25.8 Å². The Hall–Kier alpha value is -3.62. The van der Waals surface area contributed by atoms with Crippen molar-refractivity contribution in [3.8, 4) is 11.5 Å². The molecule has 5 rings (SSSR count). The SMILES string of the molecule is O=C1CCCN1c1ccccc1N1Cc2ccc(-c3nnc(C(F)F)o3)cc2C1=O. The molecule has 1 fully saturated rings. The zero-order valence-electron chi connectivity index (χ0n) is 15.7. The van der Waals surface area contributed by atoms with Crippen LogP contribution in [0.5, 0.6) is 0 Å². The van der Waals surface area contributed by atoms with Gasteiger partial charge in [-0.05, 0) is 36.2 Å². The Morgan fingerprint density at radius 2 is 1.77 bits per heavy atom.